The largest absolute Gasteiger partial charge is 0.493 e. The highest BCUT2D eigenvalue weighted by atomic mass is 79.9. The van der Waals surface area contributed by atoms with Crippen LogP contribution < -0.4 is 14.9 Å². The van der Waals surface area contributed by atoms with Crippen molar-refractivity contribution in [2.75, 3.05) is 19.1 Å². The molecule has 1 aromatic heterocycles. The van der Waals surface area contributed by atoms with Crippen molar-refractivity contribution >= 4 is 39.6 Å². The summed E-state index contributed by atoms with van der Waals surface area (Å²) in [5.41, 5.74) is 2.86. The molecule has 2 N–H and O–H groups in total. The minimum atomic E-state index is -1.12. The van der Waals surface area contributed by atoms with Gasteiger partial charge in [0.25, 0.3) is 0 Å². The second kappa shape index (κ2) is 8.76. The van der Waals surface area contributed by atoms with Crippen LogP contribution in [0.2, 0.25) is 0 Å². The molecule has 0 aliphatic carbocycles. The number of ether oxygens (including phenoxy) is 2. The molecule has 0 bridgehead atoms. The summed E-state index contributed by atoms with van der Waals surface area (Å²) in [6.45, 7) is -0.513. The normalized spacial score (nSPS) is 10.5. The Bertz CT molecular complexity index is 858. The molecular formula is C15H13BrN4O6. The fourth-order valence-corrected chi connectivity index (χ4v) is 2.28. The molecule has 0 fully saturated rings. The average molecular weight is 425 g/mol. The van der Waals surface area contributed by atoms with E-state index in [0.29, 0.717) is 15.8 Å². The van der Waals surface area contributed by atoms with E-state index >= 15 is 0 Å². The molecule has 2 aromatic rings. The van der Waals surface area contributed by atoms with Gasteiger partial charge in [-0.25, -0.2) is 9.78 Å². The highest BCUT2D eigenvalue weighted by Gasteiger charge is 2.14. The van der Waals surface area contributed by atoms with Gasteiger partial charge in [-0.2, -0.15) is 5.10 Å². The maximum absolute atomic E-state index is 10.9. The molecule has 136 valence electrons. The molecule has 26 heavy (non-hydrogen) atoms. The van der Waals surface area contributed by atoms with Crippen molar-refractivity contribution in [1.82, 2.24) is 4.98 Å². The van der Waals surface area contributed by atoms with Gasteiger partial charge < -0.3 is 14.6 Å². The van der Waals surface area contributed by atoms with Gasteiger partial charge in [0.05, 0.1) is 18.2 Å². The highest BCUT2D eigenvalue weighted by molar-refractivity contribution is 9.10. The molecule has 0 saturated heterocycles. The van der Waals surface area contributed by atoms with Crippen molar-refractivity contribution < 1.29 is 24.3 Å². The number of aromatic nitrogens is 1. The first-order valence-electron chi connectivity index (χ1n) is 7.03. The topological polar surface area (TPSA) is 136 Å². The number of carboxylic acids is 1. The molecule has 2 rings (SSSR count). The summed E-state index contributed by atoms with van der Waals surface area (Å²) in [5, 5.41) is 23.6. The number of carbonyl (C=O) groups is 1. The van der Waals surface area contributed by atoms with Gasteiger partial charge in [0.15, 0.2) is 18.1 Å². The Kier molecular flexibility index (Phi) is 6.44. The molecule has 10 nitrogen and oxygen atoms in total. The lowest BCUT2D eigenvalue weighted by Gasteiger charge is -2.11. The number of benzene rings is 1. The number of pyridine rings is 1. The number of halogens is 1. The molecule has 0 radical (unpaired) electrons. The molecule has 1 heterocycles. The van der Waals surface area contributed by atoms with E-state index in [2.05, 4.69) is 31.4 Å². The first-order chi connectivity index (χ1) is 12.4. The van der Waals surface area contributed by atoms with Gasteiger partial charge in [0, 0.05) is 22.3 Å². The van der Waals surface area contributed by atoms with Crippen LogP contribution in [0.3, 0.4) is 0 Å². The van der Waals surface area contributed by atoms with Crippen molar-refractivity contribution in [2.24, 2.45) is 5.10 Å². The Balaban J connectivity index is 2.20. The summed E-state index contributed by atoms with van der Waals surface area (Å²) in [7, 11) is 1.41. The number of nitrogens with one attached hydrogen (secondary N) is 1. The Morgan fingerprint density at radius 3 is 2.92 bits per heavy atom. The molecule has 11 heteroatoms. The Hall–Kier alpha value is -3.21. The number of carboxylic acid groups (broad SMARTS) is 1. The summed E-state index contributed by atoms with van der Waals surface area (Å²) in [4.78, 5) is 24.8. The first kappa shape index (κ1) is 19.1. The van der Waals surface area contributed by atoms with Gasteiger partial charge in [-0.1, -0.05) is 0 Å². The fraction of sp³-hybridized carbons (Fsp3) is 0.133. The number of nitrogens with zero attached hydrogens (tertiary/aromatic N) is 3. The summed E-state index contributed by atoms with van der Waals surface area (Å²) in [6.07, 6.45) is 2.80. The third-order valence-electron chi connectivity index (χ3n) is 2.99. The number of methoxy groups -OCH3 is 1. The average Bonchev–Trinajstić information content (AvgIpc) is 2.61. The second-order valence-electron chi connectivity index (χ2n) is 4.71. The predicted octanol–water partition coefficient (Wildman–Crippen LogP) is 2.67. The van der Waals surface area contributed by atoms with E-state index in [1.54, 1.807) is 6.07 Å². The quantitative estimate of drug-likeness (QED) is 0.374. The van der Waals surface area contributed by atoms with E-state index in [9.17, 15) is 14.9 Å². The van der Waals surface area contributed by atoms with Crippen molar-refractivity contribution in [3.05, 3.63) is 50.6 Å². The molecule has 0 aliphatic rings. The van der Waals surface area contributed by atoms with Crippen LogP contribution in [-0.2, 0) is 4.79 Å². The minimum absolute atomic E-state index is 0.00162. The number of rotatable bonds is 8. The fourth-order valence-electron chi connectivity index (χ4n) is 1.85. The summed E-state index contributed by atoms with van der Waals surface area (Å²) in [6, 6.07) is 5.86. The molecule has 0 atom stereocenters. The maximum Gasteiger partial charge on any atom is 0.341 e. The number of hydrogen-bond acceptors (Lipinski definition) is 8. The zero-order chi connectivity index (χ0) is 19.1. The summed E-state index contributed by atoms with van der Waals surface area (Å²) in [5.74, 6) is -0.569. The third-order valence-corrected chi connectivity index (χ3v) is 3.68. The Morgan fingerprint density at radius 1 is 1.50 bits per heavy atom. The van der Waals surface area contributed by atoms with Crippen LogP contribution in [0.4, 0.5) is 11.5 Å². The van der Waals surface area contributed by atoms with Gasteiger partial charge >= 0.3 is 11.7 Å². The molecule has 0 unspecified atom stereocenters. The SMILES string of the molecule is COc1cc(/C=N\Nc2ncccc2[N+](=O)[O-])c(Br)cc1OCC(=O)O. The molecule has 0 amide bonds. The van der Waals surface area contributed by atoms with Crippen LogP contribution in [-0.4, -0.2) is 40.9 Å². The molecule has 0 aliphatic heterocycles. The van der Waals surface area contributed by atoms with Crippen LogP contribution in [0.15, 0.2) is 40.0 Å². The smallest absolute Gasteiger partial charge is 0.341 e. The van der Waals surface area contributed by atoms with Crippen molar-refractivity contribution in [3.63, 3.8) is 0 Å². The molecule has 0 saturated carbocycles. The maximum atomic E-state index is 10.9. The van der Waals surface area contributed by atoms with Crippen LogP contribution >= 0.6 is 15.9 Å². The van der Waals surface area contributed by atoms with Gasteiger partial charge in [-0.15, -0.1) is 0 Å². The zero-order valence-electron chi connectivity index (χ0n) is 13.4. The Labute approximate surface area is 155 Å². The second-order valence-corrected chi connectivity index (χ2v) is 5.56. The summed E-state index contributed by atoms with van der Waals surface area (Å²) >= 11 is 3.32. The highest BCUT2D eigenvalue weighted by Crippen LogP contribution is 2.33. The van der Waals surface area contributed by atoms with E-state index in [-0.39, 0.29) is 17.3 Å². The van der Waals surface area contributed by atoms with Crippen LogP contribution in [0, 0.1) is 10.1 Å². The van der Waals surface area contributed by atoms with Crippen molar-refractivity contribution in [1.29, 1.82) is 0 Å². The third kappa shape index (κ3) is 4.89. The van der Waals surface area contributed by atoms with E-state index in [0.717, 1.165) is 0 Å². The van der Waals surface area contributed by atoms with Crippen molar-refractivity contribution in [3.8, 4) is 11.5 Å². The van der Waals surface area contributed by atoms with Crippen LogP contribution in [0.25, 0.3) is 0 Å². The van der Waals surface area contributed by atoms with Crippen LogP contribution in [0.1, 0.15) is 5.56 Å². The van der Waals surface area contributed by atoms with Gasteiger partial charge in [-0.3, -0.25) is 15.5 Å². The molecule has 1 aromatic carbocycles. The van der Waals surface area contributed by atoms with Gasteiger partial charge in [0.1, 0.15) is 0 Å². The number of aliphatic carboxylic acids is 1. The standard InChI is InChI=1S/C15H13BrN4O6/c1-25-12-5-9(10(16)6-13(12)26-8-14(21)22)7-18-19-15-11(20(23)24)3-2-4-17-15/h2-7H,8H2,1H3,(H,17,19)(H,21,22)/b18-7-. The molecule has 0 spiro atoms. The number of hydrazone groups is 1. The minimum Gasteiger partial charge on any atom is -0.493 e. The van der Waals surface area contributed by atoms with Gasteiger partial charge in [0.2, 0.25) is 5.82 Å². The summed E-state index contributed by atoms with van der Waals surface area (Å²) < 4.78 is 10.9. The van der Waals surface area contributed by atoms with E-state index in [1.807, 2.05) is 0 Å². The van der Waals surface area contributed by atoms with E-state index in [4.69, 9.17) is 14.6 Å². The van der Waals surface area contributed by atoms with E-state index < -0.39 is 17.5 Å². The lowest BCUT2D eigenvalue weighted by molar-refractivity contribution is -0.384. The lowest BCUT2D eigenvalue weighted by Crippen LogP contribution is -2.10. The predicted molar refractivity (Wildman–Crippen MR) is 95.9 cm³/mol. The van der Waals surface area contributed by atoms with Crippen LogP contribution in [0.5, 0.6) is 11.5 Å². The molecular weight excluding hydrogens is 412 g/mol. The van der Waals surface area contributed by atoms with E-state index in [1.165, 1.54) is 37.7 Å². The van der Waals surface area contributed by atoms with Gasteiger partial charge in [-0.05, 0) is 34.1 Å². The monoisotopic (exact) mass is 424 g/mol. The lowest BCUT2D eigenvalue weighted by atomic mass is 10.2. The zero-order valence-corrected chi connectivity index (χ0v) is 15.0. The Morgan fingerprint density at radius 2 is 2.27 bits per heavy atom. The number of anilines is 1. The van der Waals surface area contributed by atoms with Crippen molar-refractivity contribution in [2.45, 2.75) is 0 Å². The first-order valence-corrected chi connectivity index (χ1v) is 7.82. The number of hydrogen-bond donors (Lipinski definition) is 2. The number of nitro groups is 1.